The summed E-state index contributed by atoms with van der Waals surface area (Å²) in [6.07, 6.45) is 7.02. The van der Waals surface area contributed by atoms with E-state index in [-0.39, 0.29) is 15.8 Å². The van der Waals surface area contributed by atoms with Crippen LogP contribution >= 0.6 is 0 Å². The molecule has 1 aliphatic rings. The maximum atomic E-state index is 14.1. The molecule has 0 radical (unpaired) electrons. The van der Waals surface area contributed by atoms with Gasteiger partial charge in [-0.2, -0.15) is 8.42 Å². The molecule has 7 nitrogen and oxygen atoms in total. The molecule has 0 spiro atoms. The van der Waals surface area contributed by atoms with Crippen molar-refractivity contribution in [2.45, 2.75) is 48.9 Å². The number of esters is 1. The molecule has 2 aromatic carbocycles. The summed E-state index contributed by atoms with van der Waals surface area (Å²) in [4.78, 5) is 11.7. The Morgan fingerprint density at radius 3 is 2.15 bits per heavy atom. The molecule has 1 aliphatic carbocycles. The van der Waals surface area contributed by atoms with Crippen LogP contribution in [0.1, 0.15) is 30.4 Å². The maximum Gasteiger partial charge on any atom is 0.330 e. The predicted octanol–water partition coefficient (Wildman–Crippen LogP) is 4.23. The Bertz CT molecular complexity index is 1290. The molecule has 0 heterocycles. The van der Waals surface area contributed by atoms with Crippen molar-refractivity contribution in [3.05, 3.63) is 83.5 Å². The number of rotatable bonds is 7. The summed E-state index contributed by atoms with van der Waals surface area (Å²) in [5.74, 6) is -0.464. The maximum absolute atomic E-state index is 14.1. The van der Waals surface area contributed by atoms with E-state index >= 15 is 0 Å². The molecular weight excluding hydrogens is 460 g/mol. The van der Waals surface area contributed by atoms with E-state index < -0.39 is 25.9 Å². The fourth-order valence-electron chi connectivity index (χ4n) is 3.38. The summed E-state index contributed by atoms with van der Waals surface area (Å²) >= 11 is 0. The second-order valence-electron chi connectivity index (χ2n) is 7.92. The first-order valence-electron chi connectivity index (χ1n) is 10.5. The normalized spacial score (nSPS) is 18.4. The standard InChI is InChI=1S/C24H28N2O5S2/c1-18-7-12-22(13-8-18)32(28,26-33(29,30)23-14-9-19(2)10-15-23)25-21-6-4-5-20(17-21)11-16-24(27)31-3/h7-17,21H,4-6H2,1-3H3,(H,25,26,28)/b16-11+/t21-,32?/m1/s1. The van der Waals surface area contributed by atoms with E-state index in [0.717, 1.165) is 29.5 Å². The van der Waals surface area contributed by atoms with E-state index in [2.05, 4.69) is 13.2 Å². The Morgan fingerprint density at radius 1 is 1.00 bits per heavy atom. The minimum Gasteiger partial charge on any atom is -0.466 e. The summed E-state index contributed by atoms with van der Waals surface area (Å²) in [5, 5.41) is 0. The molecule has 0 saturated carbocycles. The van der Waals surface area contributed by atoms with Crippen LogP contribution in [0.25, 0.3) is 0 Å². The average Bonchev–Trinajstić information content (AvgIpc) is 2.78. The lowest BCUT2D eigenvalue weighted by atomic mass is 9.96. The van der Waals surface area contributed by atoms with Gasteiger partial charge in [0.15, 0.2) is 9.92 Å². The number of hydrogen-bond donors (Lipinski definition) is 1. The zero-order valence-electron chi connectivity index (χ0n) is 18.9. The largest absolute Gasteiger partial charge is 0.466 e. The molecule has 2 atom stereocenters. The third-order valence-electron chi connectivity index (χ3n) is 5.20. The zero-order valence-corrected chi connectivity index (χ0v) is 20.5. The summed E-state index contributed by atoms with van der Waals surface area (Å²) in [6.45, 7) is 3.75. The minimum absolute atomic E-state index is 0.0179. The van der Waals surface area contributed by atoms with E-state index in [4.69, 9.17) is 0 Å². The Labute approximate surface area is 195 Å². The lowest BCUT2D eigenvalue weighted by Crippen LogP contribution is -2.35. The van der Waals surface area contributed by atoms with E-state index in [0.29, 0.717) is 6.42 Å². The van der Waals surface area contributed by atoms with Gasteiger partial charge in [-0.25, -0.2) is 13.7 Å². The van der Waals surface area contributed by atoms with Gasteiger partial charge in [0, 0.05) is 12.1 Å². The molecule has 2 aromatic rings. The highest BCUT2D eigenvalue weighted by Crippen LogP contribution is 2.24. The number of methoxy groups -OCH3 is 1. The van der Waals surface area contributed by atoms with Gasteiger partial charge in [-0.1, -0.05) is 56.9 Å². The van der Waals surface area contributed by atoms with Crippen molar-refractivity contribution in [1.82, 2.24) is 4.72 Å². The van der Waals surface area contributed by atoms with Crippen molar-refractivity contribution in [3.8, 4) is 0 Å². The van der Waals surface area contributed by atoms with Gasteiger partial charge in [0.1, 0.15) is 0 Å². The first-order chi connectivity index (χ1) is 15.6. The third-order valence-corrected chi connectivity index (χ3v) is 9.23. The van der Waals surface area contributed by atoms with Gasteiger partial charge in [0.05, 0.1) is 16.9 Å². The number of carbonyl (C=O) groups excluding carboxylic acids is 1. The number of benzene rings is 2. The number of ether oxygens (including phenoxy) is 1. The molecule has 0 amide bonds. The average molecular weight is 489 g/mol. The molecule has 1 unspecified atom stereocenters. The topological polar surface area (TPSA) is 102 Å². The lowest BCUT2D eigenvalue weighted by molar-refractivity contribution is -0.134. The first kappa shape index (κ1) is 24.9. The number of nitrogens with one attached hydrogen (secondary N) is 1. The van der Waals surface area contributed by atoms with Crippen LogP contribution in [0, 0.1) is 13.8 Å². The van der Waals surface area contributed by atoms with E-state index in [1.165, 1.54) is 25.3 Å². The van der Waals surface area contributed by atoms with Gasteiger partial charge in [0.2, 0.25) is 0 Å². The molecule has 9 heteroatoms. The van der Waals surface area contributed by atoms with E-state index in [9.17, 15) is 17.4 Å². The number of aryl methyl sites for hydroxylation is 2. The number of allylic oxidation sites excluding steroid dienone is 2. The van der Waals surface area contributed by atoms with Crippen LogP contribution in [0.3, 0.4) is 0 Å². The van der Waals surface area contributed by atoms with Crippen molar-refractivity contribution in [2.75, 3.05) is 7.11 Å². The molecule has 1 N–H and O–H groups in total. The fourth-order valence-corrected chi connectivity index (χ4v) is 7.06. The van der Waals surface area contributed by atoms with Crippen LogP contribution in [0.2, 0.25) is 0 Å². The van der Waals surface area contributed by atoms with Gasteiger partial charge in [-0.05, 0) is 57.4 Å². The lowest BCUT2D eigenvalue weighted by Gasteiger charge is -2.23. The molecule has 3 rings (SSSR count). The molecule has 0 bridgehead atoms. The highest BCUT2D eigenvalue weighted by molar-refractivity contribution is 8.02. The number of hydrogen-bond acceptors (Lipinski definition) is 5. The summed E-state index contributed by atoms with van der Waals surface area (Å²) in [6, 6.07) is 12.7. The SMILES string of the molecule is COC(=O)/C=C/C1=C[C@H](NS(=O)(=NS(=O)(=O)c2ccc(C)cc2)c2ccc(C)cc2)CCC1. The quantitative estimate of drug-likeness (QED) is 0.464. The molecule has 0 fully saturated rings. The second-order valence-corrected chi connectivity index (χ2v) is 11.7. The summed E-state index contributed by atoms with van der Waals surface area (Å²) < 4.78 is 51.7. The van der Waals surface area contributed by atoms with Gasteiger partial charge in [-0.3, -0.25) is 0 Å². The van der Waals surface area contributed by atoms with Crippen LogP contribution in [0.15, 0.2) is 85.9 Å². The van der Waals surface area contributed by atoms with Crippen LogP contribution < -0.4 is 4.72 Å². The van der Waals surface area contributed by atoms with Crippen molar-refractivity contribution in [3.63, 3.8) is 0 Å². The van der Waals surface area contributed by atoms with Crippen molar-refractivity contribution in [2.24, 2.45) is 3.77 Å². The number of nitrogens with zero attached hydrogens (tertiary/aromatic N) is 1. The minimum atomic E-state index is -4.19. The number of carbonyl (C=O) groups is 1. The fraction of sp³-hybridized carbons (Fsp3) is 0.292. The van der Waals surface area contributed by atoms with Crippen LogP contribution in [-0.2, 0) is 29.5 Å². The van der Waals surface area contributed by atoms with Crippen molar-refractivity contribution < 1.29 is 22.2 Å². The Morgan fingerprint density at radius 2 is 1.58 bits per heavy atom. The van der Waals surface area contributed by atoms with Gasteiger partial charge >= 0.3 is 5.97 Å². The Hall–Kier alpha value is -2.75. The zero-order chi connectivity index (χ0) is 24.1. The molecule has 0 aliphatic heterocycles. The van der Waals surface area contributed by atoms with Gasteiger partial charge < -0.3 is 4.74 Å². The van der Waals surface area contributed by atoms with Crippen LogP contribution in [0.5, 0.6) is 0 Å². The predicted molar refractivity (Wildman–Crippen MR) is 128 cm³/mol. The van der Waals surface area contributed by atoms with E-state index in [1.54, 1.807) is 42.5 Å². The van der Waals surface area contributed by atoms with Crippen molar-refractivity contribution >= 4 is 25.9 Å². The highest BCUT2D eigenvalue weighted by atomic mass is 32.3. The van der Waals surface area contributed by atoms with Gasteiger partial charge in [0.25, 0.3) is 10.0 Å². The van der Waals surface area contributed by atoms with Crippen LogP contribution in [-0.4, -0.2) is 31.7 Å². The summed E-state index contributed by atoms with van der Waals surface area (Å²) in [5.41, 5.74) is 2.73. The highest BCUT2D eigenvalue weighted by Gasteiger charge is 2.24. The Kier molecular flexibility index (Phi) is 7.88. The van der Waals surface area contributed by atoms with E-state index in [1.807, 2.05) is 19.9 Å². The third kappa shape index (κ3) is 6.63. The molecule has 0 aromatic heterocycles. The molecular formula is C24H28N2O5S2. The van der Waals surface area contributed by atoms with Crippen molar-refractivity contribution in [1.29, 1.82) is 0 Å². The Balaban J connectivity index is 2.03. The molecule has 33 heavy (non-hydrogen) atoms. The number of sulfonamides is 1. The monoisotopic (exact) mass is 488 g/mol. The smallest absolute Gasteiger partial charge is 0.330 e. The molecule has 0 saturated heterocycles. The molecule has 176 valence electrons. The second kappa shape index (κ2) is 10.5. The first-order valence-corrected chi connectivity index (χ1v) is 13.5. The van der Waals surface area contributed by atoms with Crippen LogP contribution in [0.4, 0.5) is 0 Å². The van der Waals surface area contributed by atoms with Gasteiger partial charge in [-0.15, -0.1) is 0 Å². The summed E-state index contributed by atoms with van der Waals surface area (Å²) in [7, 11) is -6.42.